The van der Waals surface area contributed by atoms with E-state index in [0.717, 1.165) is 19.3 Å². The summed E-state index contributed by atoms with van der Waals surface area (Å²) in [6.07, 6.45) is 9.38. The van der Waals surface area contributed by atoms with Crippen LogP contribution in [0.3, 0.4) is 0 Å². The Balaban J connectivity index is 2.48. The van der Waals surface area contributed by atoms with E-state index in [9.17, 15) is 0 Å². The molecule has 2 rings (SSSR count). The maximum Gasteiger partial charge on any atom is -0.0114 e. The Bertz CT molecular complexity index is 612. The lowest BCUT2D eigenvalue weighted by Crippen LogP contribution is -1.96. The summed E-state index contributed by atoms with van der Waals surface area (Å²) in [6, 6.07) is 15.5. The van der Waals surface area contributed by atoms with Gasteiger partial charge in [0.05, 0.1) is 0 Å². The van der Waals surface area contributed by atoms with Crippen molar-refractivity contribution < 1.29 is 0 Å². The highest BCUT2D eigenvalue weighted by molar-refractivity contribution is 5.69. The molecule has 0 amide bonds. The first-order valence-electron chi connectivity index (χ1n) is 9.89. The average Bonchev–Trinajstić information content (AvgIpc) is 2.56. The van der Waals surface area contributed by atoms with Gasteiger partial charge in [-0.1, -0.05) is 83.7 Å². The van der Waals surface area contributed by atoms with Crippen molar-refractivity contribution in [2.45, 2.75) is 79.1 Å². The zero-order chi connectivity index (χ0) is 17.4. The number of rotatable bonds is 9. The molecule has 0 unspecified atom stereocenters. The fourth-order valence-corrected chi connectivity index (χ4v) is 3.51. The first kappa shape index (κ1) is 18.8. The molecule has 0 heteroatoms. The van der Waals surface area contributed by atoms with E-state index in [0.29, 0.717) is 0 Å². The largest absolute Gasteiger partial charge is 0.0651 e. The second kappa shape index (κ2) is 9.67. The predicted molar refractivity (Wildman–Crippen MR) is 107 cm³/mol. The molecule has 0 fully saturated rings. The van der Waals surface area contributed by atoms with Crippen LogP contribution in [0.5, 0.6) is 0 Å². The minimum Gasteiger partial charge on any atom is -0.0651 e. The third kappa shape index (κ3) is 4.97. The minimum absolute atomic E-state index is 1.13. The molecular weight excluding hydrogens is 288 g/mol. The van der Waals surface area contributed by atoms with E-state index in [1.807, 2.05) is 0 Å². The summed E-state index contributed by atoms with van der Waals surface area (Å²) in [5, 5.41) is 0. The summed E-state index contributed by atoms with van der Waals surface area (Å²) < 4.78 is 0. The van der Waals surface area contributed by atoms with Crippen molar-refractivity contribution in [3.63, 3.8) is 0 Å². The monoisotopic (exact) mass is 321 g/mol. The molecule has 0 aromatic heterocycles. The molecule has 2 aromatic carbocycles. The molecule has 0 saturated heterocycles. The smallest absolute Gasteiger partial charge is 0.0114 e. The predicted octanol–water partition coefficient (Wildman–Crippen LogP) is 6.96. The molecule has 2 aromatic rings. The number of hydrogen-bond acceptors (Lipinski definition) is 0. The molecule has 0 aliphatic heterocycles. The van der Waals surface area contributed by atoms with Gasteiger partial charge in [-0.2, -0.15) is 0 Å². The van der Waals surface area contributed by atoms with Crippen LogP contribution in [0.25, 0.3) is 11.1 Å². The number of hydrogen-bond donors (Lipinski definition) is 0. The van der Waals surface area contributed by atoms with Gasteiger partial charge in [0.15, 0.2) is 0 Å². The van der Waals surface area contributed by atoms with Crippen molar-refractivity contribution in [2.24, 2.45) is 0 Å². The van der Waals surface area contributed by atoms with Gasteiger partial charge in [0.1, 0.15) is 0 Å². The van der Waals surface area contributed by atoms with Gasteiger partial charge < -0.3 is 0 Å². The molecule has 0 spiro atoms. The summed E-state index contributed by atoms with van der Waals surface area (Å²) in [5.41, 5.74) is 8.57. The Kier molecular flexibility index (Phi) is 7.56. The van der Waals surface area contributed by atoms with Crippen LogP contribution < -0.4 is 0 Å². The summed E-state index contributed by atoms with van der Waals surface area (Å²) in [5.74, 6) is 0. The van der Waals surface area contributed by atoms with Gasteiger partial charge in [-0.15, -0.1) is 0 Å². The van der Waals surface area contributed by atoms with Crippen LogP contribution in [0.2, 0.25) is 0 Å². The van der Waals surface area contributed by atoms with Gasteiger partial charge in [0.25, 0.3) is 0 Å². The number of aryl methyl sites for hydroxylation is 4. The van der Waals surface area contributed by atoms with E-state index in [1.165, 1.54) is 65.5 Å². The number of benzene rings is 2. The highest BCUT2D eigenvalue weighted by Gasteiger charge is 2.09. The van der Waals surface area contributed by atoms with Gasteiger partial charge in [0.2, 0.25) is 0 Å². The molecule has 0 bridgehead atoms. The molecule has 0 N–H and O–H groups in total. The lowest BCUT2D eigenvalue weighted by atomic mass is 9.90. The maximum atomic E-state index is 3.64. The normalized spacial score (nSPS) is 11.0. The topological polar surface area (TPSA) is 0 Å². The van der Waals surface area contributed by atoms with E-state index >= 15 is 0 Å². The van der Waals surface area contributed by atoms with Crippen molar-refractivity contribution in [1.82, 2.24) is 0 Å². The van der Waals surface area contributed by atoms with Crippen LogP contribution in [0.15, 0.2) is 30.3 Å². The third-order valence-corrected chi connectivity index (χ3v) is 4.56. The first-order chi connectivity index (χ1) is 11.7. The van der Waals surface area contributed by atoms with Crippen LogP contribution in [-0.2, 0) is 25.7 Å². The van der Waals surface area contributed by atoms with E-state index in [1.54, 1.807) is 0 Å². The van der Waals surface area contributed by atoms with Gasteiger partial charge in [-0.3, -0.25) is 0 Å². The molecule has 0 atom stereocenters. The average molecular weight is 322 g/mol. The van der Waals surface area contributed by atoms with Crippen LogP contribution in [0, 0.1) is 6.07 Å². The van der Waals surface area contributed by atoms with Crippen LogP contribution in [0.4, 0.5) is 0 Å². The van der Waals surface area contributed by atoms with E-state index in [4.69, 9.17) is 0 Å². The molecule has 0 nitrogen and oxygen atoms in total. The molecule has 0 saturated carbocycles. The van der Waals surface area contributed by atoms with E-state index in [-0.39, 0.29) is 0 Å². The Morgan fingerprint density at radius 1 is 0.667 bits per heavy atom. The molecule has 1 radical (unpaired) electrons. The highest BCUT2D eigenvalue weighted by atomic mass is 14.1. The molecule has 24 heavy (non-hydrogen) atoms. The Hall–Kier alpha value is -1.56. The van der Waals surface area contributed by atoms with Crippen molar-refractivity contribution in [3.8, 4) is 11.1 Å². The first-order valence-corrected chi connectivity index (χ1v) is 9.89. The quantitative estimate of drug-likeness (QED) is 0.468. The van der Waals surface area contributed by atoms with Crippen LogP contribution in [-0.4, -0.2) is 0 Å². The second-order valence-electron chi connectivity index (χ2n) is 6.91. The molecule has 0 aliphatic rings. The fourth-order valence-electron chi connectivity index (χ4n) is 3.51. The Labute approximate surface area is 149 Å². The van der Waals surface area contributed by atoms with Crippen molar-refractivity contribution in [2.75, 3.05) is 0 Å². The Morgan fingerprint density at radius 2 is 1.25 bits per heavy atom. The maximum absolute atomic E-state index is 3.64. The molecule has 0 heterocycles. The zero-order valence-corrected chi connectivity index (χ0v) is 16.0. The van der Waals surface area contributed by atoms with Crippen molar-refractivity contribution in [3.05, 3.63) is 58.7 Å². The summed E-state index contributed by atoms with van der Waals surface area (Å²) >= 11 is 0. The van der Waals surface area contributed by atoms with Gasteiger partial charge in [0, 0.05) is 0 Å². The summed E-state index contributed by atoms with van der Waals surface area (Å²) in [7, 11) is 0. The van der Waals surface area contributed by atoms with Crippen LogP contribution >= 0.6 is 0 Å². The minimum atomic E-state index is 1.13. The van der Waals surface area contributed by atoms with Gasteiger partial charge in [-0.05, 0) is 65.1 Å². The standard InChI is InChI=1S/C24H33/c1-5-9-19-13-14-24(22(16-19)12-8-4)23-17-20(10-6-2)15-21(18-23)11-7-3/h13-14,16-18H,5-12H2,1-4H3. The molecular formula is C24H33. The van der Waals surface area contributed by atoms with Crippen LogP contribution in [0.1, 0.15) is 75.6 Å². The highest BCUT2D eigenvalue weighted by Crippen LogP contribution is 2.29. The lowest BCUT2D eigenvalue weighted by molar-refractivity contribution is 0.890. The fraction of sp³-hybridized carbons (Fsp3) is 0.500. The van der Waals surface area contributed by atoms with Gasteiger partial charge >= 0.3 is 0 Å². The van der Waals surface area contributed by atoms with Crippen molar-refractivity contribution in [1.29, 1.82) is 0 Å². The molecule has 0 aliphatic carbocycles. The zero-order valence-electron chi connectivity index (χ0n) is 16.0. The second-order valence-corrected chi connectivity index (χ2v) is 6.91. The Morgan fingerprint density at radius 3 is 1.79 bits per heavy atom. The van der Waals surface area contributed by atoms with E-state index < -0.39 is 0 Å². The van der Waals surface area contributed by atoms with Crippen molar-refractivity contribution >= 4 is 0 Å². The molecule has 129 valence electrons. The SMILES string of the molecule is CCCc1[c]c(CCC)cc(-c2ccc(CCC)cc2CCC)c1. The van der Waals surface area contributed by atoms with E-state index in [2.05, 4.69) is 64.1 Å². The summed E-state index contributed by atoms with van der Waals surface area (Å²) in [4.78, 5) is 0. The summed E-state index contributed by atoms with van der Waals surface area (Å²) in [6.45, 7) is 9.04. The van der Waals surface area contributed by atoms with Gasteiger partial charge in [-0.25, -0.2) is 0 Å². The lowest BCUT2D eigenvalue weighted by Gasteiger charge is -2.14. The third-order valence-electron chi connectivity index (χ3n) is 4.56.